The molecule has 2 aromatic rings. The first kappa shape index (κ1) is 26.0. The van der Waals surface area contributed by atoms with Crippen LogP contribution < -0.4 is 14.8 Å². The van der Waals surface area contributed by atoms with Gasteiger partial charge in [-0.25, -0.2) is 0 Å². The lowest BCUT2D eigenvalue weighted by atomic mass is 10.1. The average Bonchev–Trinajstić information content (AvgIpc) is 2.81. The Labute approximate surface area is 195 Å². The topological polar surface area (TPSA) is 47.6 Å². The molecule has 0 bridgehead atoms. The summed E-state index contributed by atoms with van der Waals surface area (Å²) < 4.78 is 11.9. The normalized spacial score (nSPS) is 10.9. The molecule has 0 aliphatic carbocycles. The largest absolute Gasteiger partial charge is 0.493 e. The van der Waals surface area contributed by atoms with Crippen LogP contribution >= 0.6 is 0 Å². The summed E-state index contributed by atoms with van der Waals surface area (Å²) in [4.78, 5) is 12.0. The van der Waals surface area contributed by atoms with Crippen molar-refractivity contribution in [2.24, 2.45) is 0 Å². The Morgan fingerprint density at radius 2 is 1.22 bits per heavy atom. The molecule has 1 N–H and O–H groups in total. The minimum atomic E-state index is -0.0798. The van der Waals surface area contributed by atoms with E-state index in [0.29, 0.717) is 6.54 Å². The first-order chi connectivity index (χ1) is 15.8. The lowest BCUT2D eigenvalue weighted by Gasteiger charge is -2.13. The van der Waals surface area contributed by atoms with Crippen LogP contribution in [-0.2, 0) is 4.79 Å². The number of unbranched alkanes of at least 4 members (excludes halogenated alkanes) is 10. The highest BCUT2D eigenvalue weighted by Gasteiger charge is 2.09. The number of ether oxygens (including phenoxy) is 2. The molecule has 0 aromatic heterocycles. The molecular weight excluding hydrogens is 398 g/mol. The predicted molar refractivity (Wildman–Crippen MR) is 135 cm³/mol. The van der Waals surface area contributed by atoms with Crippen LogP contribution in [0.5, 0.6) is 11.5 Å². The Hall–Kier alpha value is -2.23. The number of hydrogen-bond acceptors (Lipinski definition) is 3. The quantitative estimate of drug-likeness (QED) is 0.245. The summed E-state index contributed by atoms with van der Waals surface area (Å²) in [6.07, 6.45) is 15.2. The summed E-state index contributed by atoms with van der Waals surface area (Å²) in [5, 5.41) is 4.90. The number of nitrogens with one attached hydrogen (secondary N) is 1. The molecule has 0 saturated carbocycles. The summed E-state index contributed by atoms with van der Waals surface area (Å²) in [6.45, 7) is 5.84. The summed E-state index contributed by atoms with van der Waals surface area (Å²) in [5.41, 5.74) is 0. The van der Waals surface area contributed by atoms with Gasteiger partial charge in [0.1, 0.15) is 11.5 Å². The number of carbonyl (C=O) groups excluding carboxylic acids is 1. The Morgan fingerprint density at radius 1 is 0.688 bits per heavy atom. The van der Waals surface area contributed by atoms with Crippen LogP contribution in [0.1, 0.15) is 90.9 Å². The molecule has 4 nitrogen and oxygen atoms in total. The van der Waals surface area contributed by atoms with E-state index < -0.39 is 0 Å². The van der Waals surface area contributed by atoms with Crippen molar-refractivity contribution in [1.82, 2.24) is 5.32 Å². The van der Waals surface area contributed by atoms with Crippen LogP contribution in [0.2, 0.25) is 0 Å². The second kappa shape index (κ2) is 16.4. The van der Waals surface area contributed by atoms with Gasteiger partial charge in [0.05, 0.1) is 6.61 Å². The SMILES string of the molecule is CCCCCCCCCCCCOc1cccc2c(OCC(=O)NCCCC)cccc12. The van der Waals surface area contributed by atoms with Gasteiger partial charge in [0.25, 0.3) is 5.91 Å². The molecule has 2 aromatic carbocycles. The molecule has 0 aliphatic heterocycles. The highest BCUT2D eigenvalue weighted by Crippen LogP contribution is 2.32. The Morgan fingerprint density at radius 3 is 1.81 bits per heavy atom. The van der Waals surface area contributed by atoms with Gasteiger partial charge in [0, 0.05) is 17.3 Å². The Bertz CT molecular complexity index is 774. The monoisotopic (exact) mass is 441 g/mol. The second-order valence-electron chi connectivity index (χ2n) is 8.63. The van der Waals surface area contributed by atoms with Crippen molar-refractivity contribution < 1.29 is 14.3 Å². The Balaban J connectivity index is 1.73. The van der Waals surface area contributed by atoms with Crippen LogP contribution in [0.25, 0.3) is 10.8 Å². The van der Waals surface area contributed by atoms with Crippen molar-refractivity contribution in [2.75, 3.05) is 19.8 Å². The van der Waals surface area contributed by atoms with E-state index in [1.54, 1.807) is 0 Å². The third-order valence-corrected chi connectivity index (χ3v) is 5.81. The zero-order valence-corrected chi connectivity index (χ0v) is 20.3. The molecule has 0 unspecified atom stereocenters. The molecular formula is C28H43NO3. The van der Waals surface area contributed by atoms with Gasteiger partial charge in [-0.2, -0.15) is 0 Å². The molecule has 1 amide bonds. The maximum Gasteiger partial charge on any atom is 0.257 e. The van der Waals surface area contributed by atoms with Gasteiger partial charge in [-0.1, -0.05) is 102 Å². The third kappa shape index (κ3) is 9.93. The Kier molecular flexibility index (Phi) is 13.3. The molecule has 0 fully saturated rings. The number of hydrogen-bond donors (Lipinski definition) is 1. The predicted octanol–water partition coefficient (Wildman–Crippen LogP) is 7.43. The van der Waals surface area contributed by atoms with E-state index in [4.69, 9.17) is 9.47 Å². The highest BCUT2D eigenvalue weighted by molar-refractivity contribution is 5.93. The highest BCUT2D eigenvalue weighted by atomic mass is 16.5. The number of rotatable bonds is 18. The van der Waals surface area contributed by atoms with E-state index in [1.807, 2.05) is 30.3 Å². The summed E-state index contributed by atoms with van der Waals surface area (Å²) >= 11 is 0. The minimum Gasteiger partial charge on any atom is -0.493 e. The van der Waals surface area contributed by atoms with Crippen LogP contribution in [0, 0.1) is 0 Å². The van der Waals surface area contributed by atoms with Crippen LogP contribution in [0.4, 0.5) is 0 Å². The first-order valence-corrected chi connectivity index (χ1v) is 12.8. The van der Waals surface area contributed by atoms with Crippen molar-refractivity contribution in [2.45, 2.75) is 90.9 Å². The number of fused-ring (bicyclic) bond motifs is 1. The van der Waals surface area contributed by atoms with E-state index in [-0.39, 0.29) is 12.5 Å². The van der Waals surface area contributed by atoms with Crippen molar-refractivity contribution in [3.05, 3.63) is 36.4 Å². The molecule has 0 atom stereocenters. The van der Waals surface area contributed by atoms with Crippen molar-refractivity contribution in [3.63, 3.8) is 0 Å². The van der Waals surface area contributed by atoms with E-state index >= 15 is 0 Å². The molecule has 2 rings (SSSR count). The number of carbonyl (C=O) groups is 1. The lowest BCUT2D eigenvalue weighted by Crippen LogP contribution is -2.29. The summed E-state index contributed by atoms with van der Waals surface area (Å²) in [5.74, 6) is 1.53. The molecule has 0 saturated heterocycles. The van der Waals surface area contributed by atoms with E-state index in [1.165, 1.54) is 57.8 Å². The van der Waals surface area contributed by atoms with E-state index in [0.717, 1.165) is 48.1 Å². The molecule has 178 valence electrons. The maximum atomic E-state index is 12.0. The lowest BCUT2D eigenvalue weighted by molar-refractivity contribution is -0.123. The standard InChI is InChI=1S/C28H43NO3/c1-3-5-7-8-9-10-11-12-13-14-22-31-26-19-15-18-25-24(26)17-16-20-27(25)32-23-28(30)29-21-6-4-2/h15-20H,3-14,21-23H2,1-2H3,(H,29,30). The van der Waals surface area contributed by atoms with Crippen molar-refractivity contribution in [1.29, 1.82) is 0 Å². The molecule has 0 heterocycles. The van der Waals surface area contributed by atoms with Gasteiger partial charge in [0.2, 0.25) is 0 Å². The molecule has 0 spiro atoms. The van der Waals surface area contributed by atoms with Crippen LogP contribution in [0.3, 0.4) is 0 Å². The molecule has 0 aliphatic rings. The maximum absolute atomic E-state index is 12.0. The zero-order chi connectivity index (χ0) is 22.9. The average molecular weight is 442 g/mol. The first-order valence-electron chi connectivity index (χ1n) is 12.8. The van der Waals surface area contributed by atoms with E-state index in [9.17, 15) is 4.79 Å². The van der Waals surface area contributed by atoms with Crippen molar-refractivity contribution >= 4 is 16.7 Å². The van der Waals surface area contributed by atoms with Gasteiger partial charge in [0.15, 0.2) is 6.61 Å². The van der Waals surface area contributed by atoms with Gasteiger partial charge < -0.3 is 14.8 Å². The smallest absolute Gasteiger partial charge is 0.257 e. The number of benzene rings is 2. The molecule has 32 heavy (non-hydrogen) atoms. The molecule has 4 heteroatoms. The van der Waals surface area contributed by atoms with Crippen LogP contribution in [0.15, 0.2) is 36.4 Å². The van der Waals surface area contributed by atoms with E-state index in [2.05, 4.69) is 25.2 Å². The summed E-state index contributed by atoms with van der Waals surface area (Å²) in [7, 11) is 0. The fraction of sp³-hybridized carbons (Fsp3) is 0.607. The summed E-state index contributed by atoms with van der Waals surface area (Å²) in [6, 6.07) is 11.9. The third-order valence-electron chi connectivity index (χ3n) is 5.81. The second-order valence-corrected chi connectivity index (χ2v) is 8.63. The van der Waals surface area contributed by atoms with Gasteiger partial charge >= 0.3 is 0 Å². The number of amides is 1. The molecule has 0 radical (unpaired) electrons. The minimum absolute atomic E-state index is 0.0342. The fourth-order valence-corrected chi connectivity index (χ4v) is 3.87. The zero-order valence-electron chi connectivity index (χ0n) is 20.3. The van der Waals surface area contributed by atoms with Gasteiger partial charge in [-0.3, -0.25) is 4.79 Å². The van der Waals surface area contributed by atoms with Crippen LogP contribution in [-0.4, -0.2) is 25.7 Å². The van der Waals surface area contributed by atoms with Crippen molar-refractivity contribution in [3.8, 4) is 11.5 Å². The van der Waals surface area contributed by atoms with Gasteiger partial charge in [-0.05, 0) is 25.0 Å². The fourth-order valence-electron chi connectivity index (χ4n) is 3.87. The van der Waals surface area contributed by atoms with Gasteiger partial charge in [-0.15, -0.1) is 0 Å².